The lowest BCUT2D eigenvalue weighted by atomic mass is 10.0. The van der Waals surface area contributed by atoms with Crippen molar-refractivity contribution in [3.8, 4) is 5.75 Å². The van der Waals surface area contributed by atoms with Gasteiger partial charge in [0.25, 0.3) is 0 Å². The lowest BCUT2D eigenvalue weighted by molar-refractivity contribution is -0.219. The van der Waals surface area contributed by atoms with Gasteiger partial charge in [-0.1, -0.05) is 25.1 Å². The SMILES string of the molecule is CCC(O)C1COC(c2ccccc2O)OC1. The van der Waals surface area contributed by atoms with Crippen molar-refractivity contribution in [1.82, 2.24) is 0 Å². The Bertz CT molecular complexity index is 358. The second kappa shape index (κ2) is 5.49. The summed E-state index contributed by atoms with van der Waals surface area (Å²) in [5, 5.41) is 19.4. The molecular weight excluding hydrogens is 220 g/mol. The molecule has 0 spiro atoms. The number of ether oxygens (including phenoxy) is 2. The number of phenols is 1. The molecule has 17 heavy (non-hydrogen) atoms. The zero-order valence-corrected chi connectivity index (χ0v) is 9.87. The van der Waals surface area contributed by atoms with Crippen LogP contribution in [0.2, 0.25) is 0 Å². The van der Waals surface area contributed by atoms with Gasteiger partial charge >= 0.3 is 0 Å². The Morgan fingerprint density at radius 1 is 1.29 bits per heavy atom. The van der Waals surface area contributed by atoms with Crippen LogP contribution >= 0.6 is 0 Å². The normalized spacial score (nSPS) is 26.7. The molecule has 0 saturated carbocycles. The molecule has 4 heteroatoms. The average molecular weight is 238 g/mol. The van der Waals surface area contributed by atoms with Gasteiger partial charge in [0.1, 0.15) is 5.75 Å². The van der Waals surface area contributed by atoms with Gasteiger partial charge in [-0.15, -0.1) is 0 Å². The van der Waals surface area contributed by atoms with Crippen LogP contribution in [0.4, 0.5) is 0 Å². The van der Waals surface area contributed by atoms with E-state index in [0.29, 0.717) is 25.2 Å². The van der Waals surface area contributed by atoms with E-state index in [1.807, 2.05) is 13.0 Å². The first-order valence-corrected chi connectivity index (χ1v) is 5.91. The number of benzene rings is 1. The fourth-order valence-electron chi connectivity index (χ4n) is 1.94. The van der Waals surface area contributed by atoms with E-state index in [1.54, 1.807) is 18.2 Å². The summed E-state index contributed by atoms with van der Waals surface area (Å²) < 4.78 is 11.1. The minimum atomic E-state index is -0.531. The van der Waals surface area contributed by atoms with Gasteiger partial charge in [0.15, 0.2) is 6.29 Å². The van der Waals surface area contributed by atoms with Crippen LogP contribution in [-0.4, -0.2) is 29.5 Å². The third-order valence-electron chi connectivity index (χ3n) is 3.08. The van der Waals surface area contributed by atoms with Gasteiger partial charge in [0, 0.05) is 11.5 Å². The molecule has 1 aliphatic heterocycles. The van der Waals surface area contributed by atoms with Gasteiger partial charge in [-0.25, -0.2) is 0 Å². The number of rotatable bonds is 3. The van der Waals surface area contributed by atoms with Crippen LogP contribution in [0.15, 0.2) is 24.3 Å². The second-order valence-electron chi connectivity index (χ2n) is 4.29. The molecular formula is C13H18O4. The van der Waals surface area contributed by atoms with Crippen molar-refractivity contribution in [2.45, 2.75) is 25.7 Å². The average Bonchev–Trinajstić information content (AvgIpc) is 2.39. The molecule has 94 valence electrons. The first-order chi connectivity index (χ1) is 8.22. The van der Waals surface area contributed by atoms with E-state index in [0.717, 1.165) is 0 Å². The maximum Gasteiger partial charge on any atom is 0.187 e. The molecule has 0 radical (unpaired) electrons. The summed E-state index contributed by atoms with van der Waals surface area (Å²) >= 11 is 0. The number of para-hydroxylation sites is 1. The summed E-state index contributed by atoms with van der Waals surface area (Å²) in [5.74, 6) is 0.189. The van der Waals surface area contributed by atoms with Gasteiger partial charge in [-0.3, -0.25) is 0 Å². The van der Waals surface area contributed by atoms with E-state index in [4.69, 9.17) is 9.47 Å². The van der Waals surface area contributed by atoms with Crippen LogP contribution < -0.4 is 0 Å². The van der Waals surface area contributed by atoms with Crippen molar-refractivity contribution >= 4 is 0 Å². The number of hydrogen-bond donors (Lipinski definition) is 2. The lowest BCUT2D eigenvalue weighted by Gasteiger charge is -2.32. The van der Waals surface area contributed by atoms with Crippen molar-refractivity contribution in [3.05, 3.63) is 29.8 Å². The zero-order valence-electron chi connectivity index (χ0n) is 9.87. The van der Waals surface area contributed by atoms with Crippen LogP contribution in [0.3, 0.4) is 0 Å². The minimum Gasteiger partial charge on any atom is -0.507 e. The van der Waals surface area contributed by atoms with Crippen LogP contribution in [-0.2, 0) is 9.47 Å². The van der Waals surface area contributed by atoms with Gasteiger partial charge in [0.05, 0.1) is 19.3 Å². The fourth-order valence-corrected chi connectivity index (χ4v) is 1.94. The van der Waals surface area contributed by atoms with Crippen molar-refractivity contribution in [2.75, 3.05) is 13.2 Å². The van der Waals surface area contributed by atoms with E-state index >= 15 is 0 Å². The molecule has 4 nitrogen and oxygen atoms in total. The highest BCUT2D eigenvalue weighted by Crippen LogP contribution is 2.31. The molecule has 1 atom stereocenters. The molecule has 1 aromatic rings. The smallest absolute Gasteiger partial charge is 0.187 e. The fraction of sp³-hybridized carbons (Fsp3) is 0.538. The van der Waals surface area contributed by atoms with E-state index in [-0.39, 0.29) is 17.8 Å². The topological polar surface area (TPSA) is 58.9 Å². The Labute approximate surface area is 101 Å². The molecule has 1 aromatic carbocycles. The Balaban J connectivity index is 1.98. The molecule has 1 fully saturated rings. The van der Waals surface area contributed by atoms with Crippen LogP contribution in [0, 0.1) is 5.92 Å². The Morgan fingerprint density at radius 2 is 1.94 bits per heavy atom. The molecule has 1 saturated heterocycles. The highest BCUT2D eigenvalue weighted by molar-refractivity contribution is 5.32. The first kappa shape index (κ1) is 12.4. The summed E-state index contributed by atoms with van der Waals surface area (Å²) in [6.07, 6.45) is -0.227. The number of phenolic OH excluding ortho intramolecular Hbond substituents is 1. The highest BCUT2D eigenvalue weighted by Gasteiger charge is 2.28. The maximum absolute atomic E-state index is 9.68. The molecule has 2 rings (SSSR count). The highest BCUT2D eigenvalue weighted by atomic mass is 16.7. The van der Waals surface area contributed by atoms with Crippen LogP contribution in [0.5, 0.6) is 5.75 Å². The number of aliphatic hydroxyl groups excluding tert-OH is 1. The minimum absolute atomic E-state index is 0.0158. The van der Waals surface area contributed by atoms with Crippen molar-refractivity contribution in [3.63, 3.8) is 0 Å². The molecule has 1 heterocycles. The molecule has 0 bridgehead atoms. The summed E-state index contributed by atoms with van der Waals surface area (Å²) in [6, 6.07) is 6.96. The van der Waals surface area contributed by atoms with E-state index in [1.165, 1.54) is 0 Å². The third kappa shape index (κ3) is 2.77. The molecule has 1 aliphatic rings. The van der Waals surface area contributed by atoms with E-state index in [9.17, 15) is 10.2 Å². The largest absolute Gasteiger partial charge is 0.507 e. The maximum atomic E-state index is 9.68. The number of aliphatic hydroxyl groups is 1. The summed E-state index contributed by atoms with van der Waals surface area (Å²) in [6.45, 7) is 2.84. The summed E-state index contributed by atoms with van der Waals surface area (Å²) in [4.78, 5) is 0. The lowest BCUT2D eigenvalue weighted by Crippen LogP contribution is -2.35. The molecule has 0 aromatic heterocycles. The Kier molecular flexibility index (Phi) is 3.99. The number of hydrogen-bond acceptors (Lipinski definition) is 4. The quantitative estimate of drug-likeness (QED) is 0.843. The van der Waals surface area contributed by atoms with Gasteiger partial charge in [0.2, 0.25) is 0 Å². The van der Waals surface area contributed by atoms with Crippen LogP contribution in [0.1, 0.15) is 25.2 Å². The van der Waals surface area contributed by atoms with Gasteiger partial charge in [-0.2, -0.15) is 0 Å². The molecule has 0 amide bonds. The predicted octanol–water partition coefficient (Wildman–Crippen LogP) is 1.82. The monoisotopic (exact) mass is 238 g/mol. The van der Waals surface area contributed by atoms with Crippen molar-refractivity contribution in [1.29, 1.82) is 0 Å². The van der Waals surface area contributed by atoms with E-state index in [2.05, 4.69) is 0 Å². The summed E-state index contributed by atoms with van der Waals surface area (Å²) in [5.41, 5.74) is 0.636. The molecule has 2 N–H and O–H groups in total. The molecule has 1 unspecified atom stereocenters. The number of aromatic hydroxyl groups is 1. The Hall–Kier alpha value is -1.10. The van der Waals surface area contributed by atoms with Gasteiger partial charge < -0.3 is 19.7 Å². The van der Waals surface area contributed by atoms with Crippen LogP contribution in [0.25, 0.3) is 0 Å². The van der Waals surface area contributed by atoms with Gasteiger partial charge in [-0.05, 0) is 12.5 Å². The first-order valence-electron chi connectivity index (χ1n) is 5.91. The predicted molar refractivity (Wildman–Crippen MR) is 62.5 cm³/mol. The second-order valence-corrected chi connectivity index (χ2v) is 4.29. The standard InChI is InChI=1S/C13H18O4/c1-2-11(14)9-7-16-13(17-8-9)10-5-3-4-6-12(10)15/h3-6,9,11,13-15H,2,7-8H2,1H3. The summed E-state index contributed by atoms with van der Waals surface area (Å²) in [7, 11) is 0. The van der Waals surface area contributed by atoms with Crippen molar-refractivity contribution < 1.29 is 19.7 Å². The third-order valence-corrected chi connectivity index (χ3v) is 3.08. The zero-order chi connectivity index (χ0) is 12.3. The van der Waals surface area contributed by atoms with E-state index < -0.39 is 6.29 Å². The molecule has 0 aliphatic carbocycles. The Morgan fingerprint density at radius 3 is 2.53 bits per heavy atom. The van der Waals surface area contributed by atoms with Crippen molar-refractivity contribution in [2.24, 2.45) is 5.92 Å².